The monoisotopic (exact) mass is 565 g/mol. The van der Waals surface area contributed by atoms with E-state index in [1.165, 1.54) is 24.0 Å². The summed E-state index contributed by atoms with van der Waals surface area (Å²) in [5.41, 5.74) is 4.69. The lowest BCUT2D eigenvalue weighted by molar-refractivity contribution is 0.0362. The van der Waals surface area contributed by atoms with Gasteiger partial charge in [-0.25, -0.2) is 0 Å². The van der Waals surface area contributed by atoms with Crippen molar-refractivity contribution in [2.45, 2.75) is 45.1 Å². The number of benzene rings is 3. The maximum atomic E-state index is 13.8. The highest BCUT2D eigenvalue weighted by molar-refractivity contribution is 6.07. The molecule has 6 heteroatoms. The van der Waals surface area contributed by atoms with Crippen molar-refractivity contribution in [2.75, 3.05) is 39.9 Å². The highest BCUT2D eigenvalue weighted by Gasteiger charge is 2.37. The third-order valence-corrected chi connectivity index (χ3v) is 9.40. The van der Waals surface area contributed by atoms with Crippen molar-refractivity contribution in [3.05, 3.63) is 95.7 Å². The van der Waals surface area contributed by atoms with Crippen LogP contribution in [0, 0.1) is 5.41 Å². The third-order valence-electron chi connectivity index (χ3n) is 9.40. The zero-order chi connectivity index (χ0) is 28.9. The fourth-order valence-electron chi connectivity index (χ4n) is 6.98. The molecule has 3 aromatic carbocycles. The minimum atomic E-state index is 0.162. The molecule has 0 saturated carbocycles. The maximum Gasteiger partial charge on any atom is 0.256 e. The second-order valence-electron chi connectivity index (χ2n) is 12.2. The van der Waals surface area contributed by atoms with Gasteiger partial charge in [-0.05, 0) is 72.9 Å². The predicted molar refractivity (Wildman–Crippen MR) is 168 cm³/mol. The molecule has 0 unspecified atom stereocenters. The molecular weight excluding hydrogens is 522 g/mol. The van der Waals surface area contributed by atoms with Crippen LogP contribution in [0.5, 0.6) is 11.5 Å². The Balaban J connectivity index is 1.21. The van der Waals surface area contributed by atoms with Crippen molar-refractivity contribution >= 4 is 16.8 Å². The number of hydrogen-bond donors (Lipinski definition) is 0. The van der Waals surface area contributed by atoms with Crippen LogP contribution in [0.4, 0.5) is 0 Å². The number of carbonyl (C=O) groups excluding carboxylic acids is 1. The molecule has 0 aliphatic carbocycles. The van der Waals surface area contributed by atoms with Crippen molar-refractivity contribution in [1.29, 1.82) is 0 Å². The molecule has 42 heavy (non-hydrogen) atoms. The van der Waals surface area contributed by atoms with Crippen LogP contribution in [0.15, 0.2) is 79.0 Å². The summed E-state index contributed by atoms with van der Waals surface area (Å²) in [6.45, 7) is 5.01. The number of rotatable bonds is 4. The summed E-state index contributed by atoms with van der Waals surface area (Å²) >= 11 is 0. The largest absolute Gasteiger partial charge is 0.497 e. The molecule has 0 radical (unpaired) electrons. The Morgan fingerprint density at radius 1 is 0.905 bits per heavy atom. The number of para-hydroxylation sites is 2. The summed E-state index contributed by atoms with van der Waals surface area (Å²) in [5, 5.41) is 1.04. The highest BCUT2D eigenvalue weighted by atomic mass is 16.5. The Hall–Kier alpha value is -3.77. The summed E-state index contributed by atoms with van der Waals surface area (Å²) in [6, 6.07) is 25.2. The van der Waals surface area contributed by atoms with E-state index in [4.69, 9.17) is 9.47 Å². The molecule has 2 aliphatic heterocycles. The van der Waals surface area contributed by atoms with E-state index in [1.54, 1.807) is 7.11 Å². The third kappa shape index (κ3) is 6.19. The number of carbonyl (C=O) groups is 1. The normalized spacial score (nSPS) is 18.1. The molecule has 1 saturated heterocycles. The standard InChI is InChI=1S/C36H43N3O3/c1-37-26-32(31-11-4-5-12-33(31)37)35(40)39-21-19-36(20-22-39)18-8-7-10-29-9-3-6-13-34(29)42-24-23-38(27-36)25-28-14-16-30(41-2)17-15-28/h3-6,9,11-17,26H,7-8,10,18-25,27H2,1-2H3. The number of piperidine rings is 1. The van der Waals surface area contributed by atoms with Gasteiger partial charge in [0.15, 0.2) is 0 Å². The molecular formula is C36H43N3O3. The number of methoxy groups -OCH3 is 1. The lowest BCUT2D eigenvalue weighted by Crippen LogP contribution is -2.48. The van der Waals surface area contributed by atoms with Crippen LogP contribution >= 0.6 is 0 Å². The summed E-state index contributed by atoms with van der Waals surface area (Å²) in [6.07, 6.45) is 8.63. The minimum absolute atomic E-state index is 0.162. The lowest BCUT2D eigenvalue weighted by atomic mass is 9.73. The number of nitrogens with zero attached hydrogens (tertiary/aromatic N) is 3. The molecule has 3 heterocycles. The number of amides is 1. The van der Waals surface area contributed by atoms with Gasteiger partial charge in [0.25, 0.3) is 5.91 Å². The zero-order valence-electron chi connectivity index (χ0n) is 25.1. The van der Waals surface area contributed by atoms with Crippen LogP contribution in [-0.4, -0.2) is 60.2 Å². The number of likely N-dealkylation sites (tertiary alicyclic amines) is 1. The first kappa shape index (κ1) is 28.4. The Kier molecular flexibility index (Phi) is 8.52. The van der Waals surface area contributed by atoms with Crippen LogP contribution in [0.1, 0.15) is 53.6 Å². The zero-order valence-corrected chi connectivity index (χ0v) is 25.1. The van der Waals surface area contributed by atoms with Crippen molar-refractivity contribution in [1.82, 2.24) is 14.4 Å². The van der Waals surface area contributed by atoms with Gasteiger partial charge < -0.3 is 18.9 Å². The molecule has 1 amide bonds. The van der Waals surface area contributed by atoms with Gasteiger partial charge in [-0.15, -0.1) is 0 Å². The van der Waals surface area contributed by atoms with Crippen LogP contribution in [-0.2, 0) is 20.0 Å². The fraction of sp³-hybridized carbons (Fsp3) is 0.417. The highest BCUT2D eigenvalue weighted by Crippen LogP contribution is 2.39. The number of fused-ring (bicyclic) bond motifs is 2. The van der Waals surface area contributed by atoms with Crippen molar-refractivity contribution in [3.63, 3.8) is 0 Å². The SMILES string of the molecule is COc1ccc(CN2CCOc3ccccc3CCCCC3(CCN(C(=O)c4cn(C)c5ccccc45)CC3)C2)cc1. The first-order chi connectivity index (χ1) is 20.5. The molecule has 0 N–H and O–H groups in total. The number of aromatic nitrogens is 1. The Morgan fingerprint density at radius 3 is 2.48 bits per heavy atom. The number of hydrogen-bond acceptors (Lipinski definition) is 4. The molecule has 0 atom stereocenters. The van der Waals surface area contributed by atoms with Gasteiger partial charge in [-0.3, -0.25) is 9.69 Å². The Labute approximate surface area is 249 Å². The molecule has 1 fully saturated rings. The first-order valence-electron chi connectivity index (χ1n) is 15.4. The minimum Gasteiger partial charge on any atom is -0.497 e. The van der Waals surface area contributed by atoms with E-state index in [9.17, 15) is 4.79 Å². The quantitative estimate of drug-likeness (QED) is 0.276. The summed E-state index contributed by atoms with van der Waals surface area (Å²) in [7, 11) is 3.73. The van der Waals surface area contributed by atoms with Crippen molar-refractivity contribution in [3.8, 4) is 11.5 Å². The number of aryl methyl sites for hydroxylation is 2. The van der Waals surface area contributed by atoms with E-state index in [0.717, 1.165) is 86.4 Å². The topological polar surface area (TPSA) is 46.9 Å². The van der Waals surface area contributed by atoms with Gasteiger partial charge in [0, 0.05) is 56.9 Å². The van der Waals surface area contributed by atoms with Gasteiger partial charge in [-0.1, -0.05) is 55.0 Å². The predicted octanol–water partition coefficient (Wildman–Crippen LogP) is 6.72. The summed E-state index contributed by atoms with van der Waals surface area (Å²) in [4.78, 5) is 18.4. The molecule has 4 aromatic rings. The van der Waals surface area contributed by atoms with Crippen LogP contribution < -0.4 is 9.47 Å². The lowest BCUT2D eigenvalue weighted by Gasteiger charge is -2.45. The molecule has 2 aliphatic rings. The molecule has 0 bridgehead atoms. The number of ether oxygens (including phenoxy) is 2. The van der Waals surface area contributed by atoms with Gasteiger partial charge in [0.05, 0.1) is 12.7 Å². The van der Waals surface area contributed by atoms with Gasteiger partial charge in [-0.2, -0.15) is 0 Å². The van der Waals surface area contributed by atoms with E-state index in [-0.39, 0.29) is 11.3 Å². The average molecular weight is 566 g/mol. The smallest absolute Gasteiger partial charge is 0.256 e. The van der Waals surface area contributed by atoms with Crippen molar-refractivity contribution < 1.29 is 14.3 Å². The van der Waals surface area contributed by atoms with Crippen LogP contribution in [0.2, 0.25) is 0 Å². The average Bonchev–Trinajstić information content (AvgIpc) is 3.36. The van der Waals surface area contributed by atoms with Gasteiger partial charge in [0.2, 0.25) is 0 Å². The molecule has 6 rings (SSSR count). The fourth-order valence-corrected chi connectivity index (χ4v) is 6.98. The second-order valence-corrected chi connectivity index (χ2v) is 12.2. The first-order valence-corrected chi connectivity index (χ1v) is 15.4. The van der Waals surface area contributed by atoms with E-state index >= 15 is 0 Å². The Morgan fingerprint density at radius 2 is 1.67 bits per heavy atom. The van der Waals surface area contributed by atoms with Crippen LogP contribution in [0.25, 0.3) is 10.9 Å². The van der Waals surface area contributed by atoms with Gasteiger partial charge >= 0.3 is 0 Å². The molecule has 1 spiro atoms. The van der Waals surface area contributed by atoms with E-state index in [1.807, 2.05) is 37.5 Å². The molecule has 1 aromatic heterocycles. The molecule has 6 nitrogen and oxygen atoms in total. The van der Waals surface area contributed by atoms with E-state index < -0.39 is 0 Å². The van der Waals surface area contributed by atoms with E-state index in [0.29, 0.717) is 6.61 Å². The molecule has 220 valence electrons. The summed E-state index contributed by atoms with van der Waals surface area (Å²) < 4.78 is 13.8. The van der Waals surface area contributed by atoms with E-state index in [2.05, 4.69) is 62.9 Å². The maximum absolute atomic E-state index is 13.8. The van der Waals surface area contributed by atoms with Crippen molar-refractivity contribution in [2.24, 2.45) is 12.5 Å². The van der Waals surface area contributed by atoms with Crippen LogP contribution in [0.3, 0.4) is 0 Å². The van der Waals surface area contributed by atoms with Gasteiger partial charge in [0.1, 0.15) is 18.1 Å². The summed E-state index contributed by atoms with van der Waals surface area (Å²) in [5.74, 6) is 2.07. The second kappa shape index (κ2) is 12.6. The Bertz CT molecular complexity index is 1500.